The fraction of sp³-hybridized carbons (Fsp3) is 0.206. The van der Waals surface area contributed by atoms with Gasteiger partial charge in [0.05, 0.1) is 41.6 Å². The molecule has 234 valence electrons. The second-order valence-corrected chi connectivity index (χ2v) is 11.5. The lowest BCUT2D eigenvalue weighted by Gasteiger charge is -2.27. The van der Waals surface area contributed by atoms with Crippen molar-refractivity contribution in [2.24, 2.45) is 4.99 Å². The summed E-state index contributed by atoms with van der Waals surface area (Å²) >= 11 is 1.15. The smallest absolute Gasteiger partial charge is 0.338 e. The maximum atomic E-state index is 14.3. The molecule has 1 aliphatic heterocycles. The summed E-state index contributed by atoms with van der Waals surface area (Å²) in [6.45, 7) is 5.40. The number of carbonyl (C=O) groups excluding carboxylic acids is 1. The number of thiazole rings is 1. The molecule has 0 saturated heterocycles. The number of hydrogen-bond acceptors (Lipinski definition) is 10. The Morgan fingerprint density at radius 2 is 1.87 bits per heavy atom. The van der Waals surface area contributed by atoms with Crippen LogP contribution >= 0.6 is 11.3 Å². The van der Waals surface area contributed by atoms with Crippen LogP contribution in [0.25, 0.3) is 28.2 Å². The van der Waals surface area contributed by atoms with E-state index < -0.39 is 22.5 Å². The fourth-order valence-corrected chi connectivity index (χ4v) is 6.67. The Hall–Kier alpha value is -5.49. The van der Waals surface area contributed by atoms with Gasteiger partial charge in [0.1, 0.15) is 29.1 Å². The van der Waals surface area contributed by atoms with Gasteiger partial charge in [0.2, 0.25) is 0 Å². The van der Waals surface area contributed by atoms with Crippen molar-refractivity contribution >= 4 is 39.8 Å². The zero-order valence-electron chi connectivity index (χ0n) is 25.7. The summed E-state index contributed by atoms with van der Waals surface area (Å²) < 4.78 is 24.7. The third kappa shape index (κ3) is 5.26. The number of nitro groups is 1. The molecular weight excluding hydrogens is 610 g/mol. The minimum absolute atomic E-state index is 0.0545. The number of benzene rings is 3. The molecule has 0 N–H and O–H groups in total. The molecule has 5 aromatic rings. The van der Waals surface area contributed by atoms with Gasteiger partial charge in [0.15, 0.2) is 4.80 Å². The van der Waals surface area contributed by atoms with E-state index in [0.29, 0.717) is 49.2 Å². The van der Waals surface area contributed by atoms with Crippen molar-refractivity contribution in [2.45, 2.75) is 26.8 Å². The normalized spacial score (nSPS) is 14.6. The van der Waals surface area contributed by atoms with Crippen LogP contribution in [0.4, 0.5) is 5.69 Å². The molecule has 6 rings (SSSR count). The minimum Gasteiger partial charge on any atom is -0.497 e. The second kappa shape index (κ2) is 12.1. The molecule has 0 amide bonds. The Labute approximate surface area is 266 Å². The van der Waals surface area contributed by atoms with Gasteiger partial charge in [-0.15, -0.1) is 0 Å². The molecule has 3 heterocycles. The number of nitro benzene ring substituents is 1. The predicted molar refractivity (Wildman–Crippen MR) is 173 cm³/mol. The Balaban J connectivity index is 1.57. The van der Waals surface area contributed by atoms with Crippen molar-refractivity contribution in [1.29, 1.82) is 0 Å². The maximum absolute atomic E-state index is 14.3. The number of non-ortho nitro benzene ring substituents is 1. The summed E-state index contributed by atoms with van der Waals surface area (Å²) in [7, 11) is 3.10. The van der Waals surface area contributed by atoms with Crippen molar-refractivity contribution in [1.82, 2.24) is 4.57 Å². The van der Waals surface area contributed by atoms with Crippen molar-refractivity contribution < 1.29 is 28.3 Å². The van der Waals surface area contributed by atoms with E-state index in [-0.39, 0.29) is 17.9 Å². The van der Waals surface area contributed by atoms with Gasteiger partial charge in [0.25, 0.3) is 11.2 Å². The number of rotatable bonds is 8. The maximum Gasteiger partial charge on any atom is 0.338 e. The van der Waals surface area contributed by atoms with Crippen LogP contribution in [0.15, 0.2) is 86.1 Å². The second-order valence-electron chi connectivity index (χ2n) is 10.5. The number of furan rings is 1. The first-order chi connectivity index (χ1) is 22.1. The Kier molecular flexibility index (Phi) is 8.05. The van der Waals surface area contributed by atoms with E-state index in [1.807, 2.05) is 31.2 Å². The molecule has 11 nitrogen and oxygen atoms in total. The number of methoxy groups -OCH3 is 2. The van der Waals surface area contributed by atoms with Crippen molar-refractivity contribution in [3.63, 3.8) is 0 Å². The van der Waals surface area contributed by atoms with Gasteiger partial charge in [-0.05, 0) is 67.4 Å². The van der Waals surface area contributed by atoms with Gasteiger partial charge in [-0.3, -0.25) is 19.5 Å². The number of hydrogen-bond donors (Lipinski definition) is 0. The van der Waals surface area contributed by atoms with Gasteiger partial charge in [0, 0.05) is 29.3 Å². The van der Waals surface area contributed by atoms with E-state index in [4.69, 9.17) is 18.6 Å². The van der Waals surface area contributed by atoms with E-state index in [1.165, 1.54) is 23.8 Å². The van der Waals surface area contributed by atoms with E-state index in [2.05, 4.69) is 4.99 Å². The number of fused-ring (bicyclic) bond motifs is 2. The lowest BCUT2D eigenvalue weighted by Crippen LogP contribution is -2.40. The van der Waals surface area contributed by atoms with Crippen LogP contribution in [-0.4, -0.2) is 36.3 Å². The summed E-state index contributed by atoms with van der Waals surface area (Å²) in [6, 6.07) is 16.3. The van der Waals surface area contributed by atoms with Gasteiger partial charge in [-0.2, -0.15) is 0 Å². The number of aryl methyl sites for hydroxylation is 1. The number of nitrogens with zero attached hydrogens (tertiary/aromatic N) is 3. The molecule has 12 heteroatoms. The van der Waals surface area contributed by atoms with Gasteiger partial charge in [-0.1, -0.05) is 29.5 Å². The van der Waals surface area contributed by atoms with E-state index >= 15 is 0 Å². The molecule has 46 heavy (non-hydrogen) atoms. The van der Waals surface area contributed by atoms with Crippen LogP contribution in [-0.2, 0) is 9.53 Å². The van der Waals surface area contributed by atoms with Crippen molar-refractivity contribution in [2.75, 3.05) is 20.8 Å². The Morgan fingerprint density at radius 3 is 2.59 bits per heavy atom. The molecule has 0 radical (unpaired) electrons. The molecule has 1 unspecified atom stereocenters. The molecular formula is C34H29N3O8S. The lowest BCUT2D eigenvalue weighted by atomic mass is 9.90. The molecule has 1 atom stereocenters. The highest BCUT2D eigenvalue weighted by Crippen LogP contribution is 2.41. The average Bonchev–Trinajstić information content (AvgIpc) is 3.63. The lowest BCUT2D eigenvalue weighted by molar-refractivity contribution is -0.384. The summed E-state index contributed by atoms with van der Waals surface area (Å²) in [5, 5.41) is 12.9. The minimum atomic E-state index is -0.928. The summed E-state index contributed by atoms with van der Waals surface area (Å²) in [5.74, 6) is 1.28. The highest BCUT2D eigenvalue weighted by molar-refractivity contribution is 7.07. The molecule has 0 aliphatic carbocycles. The zero-order chi connectivity index (χ0) is 32.7. The first-order valence-electron chi connectivity index (χ1n) is 14.3. The van der Waals surface area contributed by atoms with Crippen LogP contribution in [0.2, 0.25) is 0 Å². The first-order valence-corrected chi connectivity index (χ1v) is 15.2. The van der Waals surface area contributed by atoms with E-state index in [0.717, 1.165) is 27.7 Å². The monoisotopic (exact) mass is 639 g/mol. The molecule has 0 fully saturated rings. The highest BCUT2D eigenvalue weighted by Gasteiger charge is 2.36. The van der Waals surface area contributed by atoms with Gasteiger partial charge >= 0.3 is 5.97 Å². The topological polar surface area (TPSA) is 135 Å². The predicted octanol–water partition coefficient (Wildman–Crippen LogP) is 5.45. The SMILES string of the molecule is CCOC(=O)C1=C(C)N=c2sc(=Cc3ccc(-c4cc([N+](=O)[O-])ccc4C)o3)c(=O)n2C1c1c(OC)ccc2ccc(OC)cc12. The standard InChI is InChI=1S/C34H29N3O8S/c1-6-44-33(39)29-19(3)35-34-36(31(29)30-25-16-22(42-4)11-8-20(25)9-13-27(30)43-5)32(38)28(46-34)17-23-12-14-26(45-23)24-15-21(37(40)41)10-7-18(24)2/h7-17,31H,6H2,1-5H3. The van der Waals surface area contributed by atoms with Crippen molar-refractivity contribution in [3.8, 4) is 22.8 Å². The first kappa shape index (κ1) is 30.5. The van der Waals surface area contributed by atoms with Crippen LogP contribution in [0, 0.1) is 17.0 Å². The van der Waals surface area contributed by atoms with E-state index in [1.54, 1.807) is 51.3 Å². The van der Waals surface area contributed by atoms with E-state index in [9.17, 15) is 19.7 Å². The number of esters is 1. The Morgan fingerprint density at radius 1 is 1.09 bits per heavy atom. The Bertz CT molecular complexity index is 2250. The highest BCUT2D eigenvalue weighted by atomic mass is 32.1. The van der Waals surface area contributed by atoms with Crippen LogP contribution in [0.1, 0.15) is 36.8 Å². The molecule has 0 saturated carbocycles. The van der Waals surface area contributed by atoms with Crippen LogP contribution in [0.5, 0.6) is 11.5 Å². The molecule has 2 aromatic heterocycles. The number of ether oxygens (including phenoxy) is 3. The summed E-state index contributed by atoms with van der Waals surface area (Å²) in [5.41, 5.74) is 2.15. The largest absolute Gasteiger partial charge is 0.497 e. The van der Waals surface area contributed by atoms with Crippen LogP contribution < -0.4 is 24.4 Å². The van der Waals surface area contributed by atoms with Crippen molar-refractivity contribution in [3.05, 3.63) is 119 Å². The molecule has 0 spiro atoms. The number of aromatic nitrogens is 1. The third-order valence-electron chi connectivity index (χ3n) is 7.84. The molecule has 1 aliphatic rings. The summed E-state index contributed by atoms with van der Waals surface area (Å²) in [4.78, 5) is 43.7. The number of allylic oxidation sites excluding steroid dienone is 1. The number of carbonyl (C=O) groups is 1. The average molecular weight is 640 g/mol. The van der Waals surface area contributed by atoms with Crippen LogP contribution in [0.3, 0.4) is 0 Å². The quantitative estimate of drug-likeness (QED) is 0.124. The molecule has 3 aromatic carbocycles. The van der Waals surface area contributed by atoms with Gasteiger partial charge in [-0.25, -0.2) is 9.79 Å². The molecule has 0 bridgehead atoms. The third-order valence-corrected chi connectivity index (χ3v) is 8.82. The summed E-state index contributed by atoms with van der Waals surface area (Å²) in [6.07, 6.45) is 1.60. The van der Waals surface area contributed by atoms with Gasteiger partial charge < -0.3 is 18.6 Å². The fourth-order valence-electron chi connectivity index (χ4n) is 5.65. The zero-order valence-corrected chi connectivity index (χ0v) is 26.5.